The third kappa shape index (κ3) is 3.73. The Labute approximate surface area is 116 Å². The number of esters is 1. The quantitative estimate of drug-likeness (QED) is 0.480. The van der Waals surface area contributed by atoms with Crippen LogP contribution in [0.25, 0.3) is 0 Å². The summed E-state index contributed by atoms with van der Waals surface area (Å²) in [7, 11) is 2.78. The zero-order chi connectivity index (χ0) is 14.3. The van der Waals surface area contributed by atoms with Crippen molar-refractivity contribution < 1.29 is 14.3 Å². The molecular weight excluding hydrogens is 264 g/mol. The number of ether oxygens (including phenoxy) is 2. The highest BCUT2D eigenvalue weighted by atomic mass is 32.2. The summed E-state index contributed by atoms with van der Waals surface area (Å²) in [6.45, 7) is 0. The smallest absolute Gasteiger partial charge is 0.329 e. The minimum Gasteiger partial charge on any atom is -0.494 e. The summed E-state index contributed by atoms with van der Waals surface area (Å²) >= 11 is 1.23. The first-order chi connectivity index (χ1) is 9.17. The molecule has 19 heavy (non-hydrogen) atoms. The predicted octanol–water partition coefficient (Wildman–Crippen LogP) is 2.40. The van der Waals surface area contributed by atoms with Crippen molar-refractivity contribution in [3.05, 3.63) is 24.3 Å². The maximum Gasteiger partial charge on any atom is 0.329 e. The molecule has 1 rings (SSSR count). The molecule has 6 heteroatoms. The van der Waals surface area contributed by atoms with E-state index in [0.717, 1.165) is 0 Å². The number of nitriles is 1. The largest absolute Gasteiger partial charge is 0.494 e. The number of methoxy groups -OCH3 is 2. The van der Waals surface area contributed by atoms with Crippen molar-refractivity contribution in [3.8, 4) is 11.8 Å². The first-order valence-corrected chi connectivity index (χ1v) is 6.63. The topological polar surface area (TPSA) is 71.7 Å². The van der Waals surface area contributed by atoms with Gasteiger partial charge in [-0.05, 0) is 18.4 Å². The van der Waals surface area contributed by atoms with E-state index in [1.54, 1.807) is 24.5 Å². The number of rotatable bonds is 4. The van der Waals surface area contributed by atoms with Crippen LogP contribution in [0.5, 0.6) is 5.75 Å². The fraction of sp³-hybridized carbons (Fsp3) is 0.308. The second-order valence-electron chi connectivity index (χ2n) is 3.41. The van der Waals surface area contributed by atoms with Crippen LogP contribution in [0.15, 0.2) is 29.3 Å². The van der Waals surface area contributed by atoms with Gasteiger partial charge in [0.15, 0.2) is 5.92 Å². The number of nitrogens with zero attached hydrogens (tertiary/aromatic N) is 2. The maximum atomic E-state index is 11.5. The van der Waals surface area contributed by atoms with Gasteiger partial charge in [0.25, 0.3) is 0 Å². The normalized spacial score (nSPS) is 12.4. The predicted molar refractivity (Wildman–Crippen MR) is 74.7 cm³/mol. The highest BCUT2D eigenvalue weighted by Crippen LogP contribution is 2.28. The molecule has 0 heterocycles. The minimum absolute atomic E-state index is 0.374. The second kappa shape index (κ2) is 7.44. The summed E-state index contributed by atoms with van der Waals surface area (Å²) in [4.78, 5) is 15.8. The highest BCUT2D eigenvalue weighted by molar-refractivity contribution is 8.13. The number of hydrogen-bond donors (Lipinski definition) is 0. The Bertz CT molecular complexity index is 523. The molecule has 0 N–H and O–H groups in total. The first kappa shape index (κ1) is 15.1. The molecule has 0 aromatic heterocycles. The van der Waals surface area contributed by atoms with Gasteiger partial charge < -0.3 is 9.47 Å². The molecule has 1 aromatic carbocycles. The van der Waals surface area contributed by atoms with Gasteiger partial charge in [-0.15, -0.1) is 11.8 Å². The molecule has 0 aliphatic heterocycles. The number of carbonyl (C=O) groups excluding carboxylic acids is 1. The number of aliphatic imine (C=N–C) groups is 1. The summed E-state index contributed by atoms with van der Waals surface area (Å²) in [5, 5.41) is 9.43. The maximum absolute atomic E-state index is 11.5. The van der Waals surface area contributed by atoms with Crippen molar-refractivity contribution in [1.29, 1.82) is 5.26 Å². The number of thioether (sulfide) groups is 1. The van der Waals surface area contributed by atoms with Crippen molar-refractivity contribution >= 4 is 28.5 Å². The highest BCUT2D eigenvalue weighted by Gasteiger charge is 2.25. The molecule has 0 radical (unpaired) electrons. The van der Waals surface area contributed by atoms with Crippen LogP contribution in [0.4, 0.5) is 5.69 Å². The Morgan fingerprint density at radius 1 is 1.42 bits per heavy atom. The standard InChI is InChI=1S/C13H14N2O3S/c1-17-11-7-5-4-6-10(11)15-12(19-3)9(8-14)13(16)18-2/h4-7,9H,1-3H3. The fourth-order valence-corrected chi connectivity index (χ4v) is 1.97. The molecule has 0 amide bonds. The van der Waals surface area contributed by atoms with Crippen LogP contribution in [-0.2, 0) is 9.53 Å². The SMILES string of the molecule is COC(=O)C(C#N)C(=Nc1ccccc1OC)SC. The van der Waals surface area contributed by atoms with Crippen LogP contribution in [-0.4, -0.2) is 31.5 Å². The van der Waals surface area contributed by atoms with Gasteiger partial charge in [0.1, 0.15) is 16.5 Å². The van der Waals surface area contributed by atoms with Gasteiger partial charge in [0, 0.05) is 0 Å². The van der Waals surface area contributed by atoms with Crippen molar-refractivity contribution in [2.75, 3.05) is 20.5 Å². The molecule has 5 nitrogen and oxygen atoms in total. The Kier molecular flexibility index (Phi) is 5.90. The first-order valence-electron chi connectivity index (χ1n) is 5.41. The van der Waals surface area contributed by atoms with Crippen molar-refractivity contribution in [2.45, 2.75) is 0 Å². The minimum atomic E-state index is -1.02. The molecule has 0 saturated carbocycles. The van der Waals surface area contributed by atoms with E-state index in [2.05, 4.69) is 9.73 Å². The third-order valence-electron chi connectivity index (χ3n) is 2.34. The van der Waals surface area contributed by atoms with E-state index in [1.807, 2.05) is 12.1 Å². The Morgan fingerprint density at radius 2 is 2.11 bits per heavy atom. The van der Waals surface area contributed by atoms with E-state index in [1.165, 1.54) is 26.0 Å². The van der Waals surface area contributed by atoms with E-state index in [-0.39, 0.29) is 0 Å². The van der Waals surface area contributed by atoms with Gasteiger partial charge in [-0.2, -0.15) is 5.26 Å². The lowest BCUT2D eigenvalue weighted by molar-refractivity contribution is -0.141. The summed E-state index contributed by atoms with van der Waals surface area (Å²) < 4.78 is 9.77. The average Bonchev–Trinajstić information content (AvgIpc) is 2.46. The van der Waals surface area contributed by atoms with Gasteiger partial charge in [-0.3, -0.25) is 4.79 Å². The molecular formula is C13H14N2O3S. The van der Waals surface area contributed by atoms with E-state index in [9.17, 15) is 4.79 Å². The molecule has 1 unspecified atom stereocenters. The molecule has 100 valence electrons. The summed E-state index contributed by atoms with van der Waals surface area (Å²) in [5.41, 5.74) is 0.568. The summed E-state index contributed by atoms with van der Waals surface area (Å²) in [6.07, 6.45) is 1.75. The van der Waals surface area contributed by atoms with Gasteiger partial charge in [0.05, 0.1) is 20.3 Å². The van der Waals surface area contributed by atoms with Crippen LogP contribution >= 0.6 is 11.8 Å². The van der Waals surface area contributed by atoms with E-state index in [4.69, 9.17) is 10.00 Å². The van der Waals surface area contributed by atoms with Crippen LogP contribution in [0, 0.1) is 17.2 Å². The van der Waals surface area contributed by atoms with Crippen molar-refractivity contribution in [3.63, 3.8) is 0 Å². The summed E-state index contributed by atoms with van der Waals surface area (Å²) in [5.74, 6) is -1.06. The van der Waals surface area contributed by atoms with Crippen molar-refractivity contribution in [2.24, 2.45) is 10.9 Å². The van der Waals surface area contributed by atoms with Gasteiger partial charge in [-0.1, -0.05) is 12.1 Å². The Hall–Kier alpha value is -2.00. The number of para-hydroxylation sites is 2. The van der Waals surface area contributed by atoms with Gasteiger partial charge >= 0.3 is 5.97 Å². The third-order valence-corrected chi connectivity index (χ3v) is 3.08. The van der Waals surface area contributed by atoms with Crippen LogP contribution in [0.2, 0.25) is 0 Å². The van der Waals surface area contributed by atoms with E-state index >= 15 is 0 Å². The van der Waals surface area contributed by atoms with Crippen LogP contribution in [0.3, 0.4) is 0 Å². The number of benzene rings is 1. The van der Waals surface area contributed by atoms with Crippen LogP contribution in [0.1, 0.15) is 0 Å². The molecule has 0 spiro atoms. The second-order valence-corrected chi connectivity index (χ2v) is 4.24. The van der Waals surface area contributed by atoms with E-state index < -0.39 is 11.9 Å². The summed E-state index contributed by atoms with van der Waals surface area (Å²) in [6, 6.07) is 9.03. The Morgan fingerprint density at radius 3 is 2.63 bits per heavy atom. The van der Waals surface area contributed by atoms with E-state index in [0.29, 0.717) is 16.5 Å². The zero-order valence-electron chi connectivity index (χ0n) is 10.9. The fourth-order valence-electron chi connectivity index (χ4n) is 1.40. The monoisotopic (exact) mass is 278 g/mol. The van der Waals surface area contributed by atoms with Crippen molar-refractivity contribution in [1.82, 2.24) is 0 Å². The lowest BCUT2D eigenvalue weighted by Crippen LogP contribution is -2.21. The van der Waals surface area contributed by atoms with Gasteiger partial charge in [0.2, 0.25) is 0 Å². The molecule has 0 aliphatic rings. The molecule has 1 atom stereocenters. The lowest BCUT2D eigenvalue weighted by atomic mass is 10.2. The van der Waals surface area contributed by atoms with Crippen LogP contribution < -0.4 is 4.74 Å². The van der Waals surface area contributed by atoms with Gasteiger partial charge in [-0.25, -0.2) is 4.99 Å². The number of carbonyl (C=O) groups is 1. The molecule has 0 aliphatic carbocycles. The Balaban J connectivity index is 3.18. The molecule has 0 saturated heterocycles. The average molecular weight is 278 g/mol. The zero-order valence-corrected chi connectivity index (χ0v) is 11.7. The lowest BCUT2D eigenvalue weighted by Gasteiger charge is -2.10. The molecule has 0 fully saturated rings. The molecule has 1 aromatic rings. The molecule has 0 bridgehead atoms. The number of hydrogen-bond acceptors (Lipinski definition) is 6.